The highest BCUT2D eigenvalue weighted by molar-refractivity contribution is 9.10. The Balaban J connectivity index is 2.01. The third-order valence-electron chi connectivity index (χ3n) is 4.08. The number of nitrogens with zero attached hydrogens (tertiary/aromatic N) is 2. The molecule has 0 fully saturated rings. The number of pyridine rings is 1. The van der Waals surface area contributed by atoms with Gasteiger partial charge in [-0.25, -0.2) is 4.98 Å². The highest BCUT2D eigenvalue weighted by atomic mass is 79.9. The van der Waals surface area contributed by atoms with E-state index >= 15 is 0 Å². The Morgan fingerprint density at radius 2 is 1.88 bits per heavy atom. The van der Waals surface area contributed by atoms with Crippen LogP contribution >= 0.6 is 27.3 Å². The second-order valence-electron chi connectivity index (χ2n) is 5.85. The molecule has 3 aromatic heterocycles. The molecule has 0 amide bonds. The normalized spacial score (nSPS) is 11.2. The summed E-state index contributed by atoms with van der Waals surface area (Å²) in [6.45, 7) is 4.08. The van der Waals surface area contributed by atoms with Crippen LogP contribution in [-0.4, -0.2) is 15.0 Å². The van der Waals surface area contributed by atoms with Crippen molar-refractivity contribution in [3.63, 3.8) is 0 Å². The molecular formula is C19H14BrN3OS. The van der Waals surface area contributed by atoms with Crippen molar-refractivity contribution in [1.82, 2.24) is 15.0 Å². The Labute approximate surface area is 156 Å². The van der Waals surface area contributed by atoms with Crippen molar-refractivity contribution in [2.75, 3.05) is 0 Å². The van der Waals surface area contributed by atoms with E-state index in [-0.39, 0.29) is 5.56 Å². The van der Waals surface area contributed by atoms with Crippen LogP contribution in [0.3, 0.4) is 0 Å². The van der Waals surface area contributed by atoms with E-state index in [0.29, 0.717) is 11.2 Å². The van der Waals surface area contributed by atoms with Gasteiger partial charge in [0.15, 0.2) is 0 Å². The Hall–Kier alpha value is -2.31. The van der Waals surface area contributed by atoms with E-state index in [2.05, 4.69) is 36.9 Å². The van der Waals surface area contributed by atoms with Gasteiger partial charge >= 0.3 is 0 Å². The third kappa shape index (κ3) is 2.81. The van der Waals surface area contributed by atoms with Crippen molar-refractivity contribution in [1.29, 1.82) is 0 Å². The van der Waals surface area contributed by atoms with Crippen LogP contribution in [0.2, 0.25) is 0 Å². The molecule has 0 aliphatic heterocycles. The maximum atomic E-state index is 12.9. The molecule has 6 heteroatoms. The first kappa shape index (κ1) is 16.2. The van der Waals surface area contributed by atoms with Gasteiger partial charge in [-0.3, -0.25) is 9.78 Å². The fourth-order valence-corrected chi connectivity index (χ4v) is 4.40. The molecule has 0 radical (unpaired) electrons. The molecule has 25 heavy (non-hydrogen) atoms. The summed E-state index contributed by atoms with van der Waals surface area (Å²) in [5.74, 6) is 0.566. The first-order chi connectivity index (χ1) is 12.0. The molecule has 0 aliphatic carbocycles. The first-order valence-electron chi connectivity index (χ1n) is 7.75. The standard InChI is InChI=1S/C19H14BrN3OS/c1-10-3-4-14(20)13(9-10)15-11(2)25-19-16(15)18(24)22-17(23-19)12-5-7-21-8-6-12/h3-9H,1-2H3,(H,22,23,24). The molecule has 3 heterocycles. The molecule has 0 spiro atoms. The number of rotatable bonds is 2. The summed E-state index contributed by atoms with van der Waals surface area (Å²) in [4.78, 5) is 26.3. The average molecular weight is 412 g/mol. The van der Waals surface area contributed by atoms with Crippen molar-refractivity contribution in [2.24, 2.45) is 0 Å². The Bertz CT molecular complexity index is 1150. The van der Waals surface area contributed by atoms with E-state index in [1.165, 1.54) is 0 Å². The van der Waals surface area contributed by atoms with Crippen LogP contribution < -0.4 is 5.56 Å². The molecule has 1 aromatic carbocycles. The lowest BCUT2D eigenvalue weighted by molar-refractivity contribution is 1.18. The lowest BCUT2D eigenvalue weighted by Crippen LogP contribution is -2.09. The smallest absolute Gasteiger partial charge is 0.260 e. The van der Waals surface area contributed by atoms with Crippen molar-refractivity contribution in [3.05, 3.63) is 68.0 Å². The number of benzene rings is 1. The monoisotopic (exact) mass is 411 g/mol. The number of aromatic amines is 1. The molecular weight excluding hydrogens is 398 g/mol. The summed E-state index contributed by atoms with van der Waals surface area (Å²) < 4.78 is 0.971. The van der Waals surface area contributed by atoms with E-state index in [1.807, 2.05) is 38.1 Å². The highest BCUT2D eigenvalue weighted by Gasteiger charge is 2.18. The van der Waals surface area contributed by atoms with Gasteiger partial charge in [-0.05, 0) is 37.6 Å². The number of thiophene rings is 1. The summed E-state index contributed by atoms with van der Waals surface area (Å²) >= 11 is 5.16. The van der Waals surface area contributed by atoms with Crippen LogP contribution in [0.5, 0.6) is 0 Å². The first-order valence-corrected chi connectivity index (χ1v) is 9.36. The summed E-state index contributed by atoms with van der Waals surface area (Å²) in [6.07, 6.45) is 3.38. The molecule has 124 valence electrons. The van der Waals surface area contributed by atoms with Crippen LogP contribution in [0.1, 0.15) is 10.4 Å². The minimum absolute atomic E-state index is 0.121. The van der Waals surface area contributed by atoms with Crippen LogP contribution in [-0.2, 0) is 0 Å². The van der Waals surface area contributed by atoms with Gasteiger partial charge in [0.25, 0.3) is 5.56 Å². The highest BCUT2D eigenvalue weighted by Crippen LogP contribution is 2.39. The van der Waals surface area contributed by atoms with E-state index in [1.54, 1.807) is 23.7 Å². The predicted molar refractivity (Wildman–Crippen MR) is 106 cm³/mol. The van der Waals surface area contributed by atoms with Crippen molar-refractivity contribution in [3.8, 4) is 22.5 Å². The van der Waals surface area contributed by atoms with Crippen LogP contribution in [0.25, 0.3) is 32.7 Å². The predicted octanol–water partition coefficient (Wildman–Crippen LogP) is 5.09. The number of aryl methyl sites for hydroxylation is 2. The summed E-state index contributed by atoms with van der Waals surface area (Å²) in [5, 5.41) is 0.645. The van der Waals surface area contributed by atoms with Crippen LogP contribution in [0.4, 0.5) is 0 Å². The number of H-pyrrole nitrogens is 1. The van der Waals surface area contributed by atoms with Crippen molar-refractivity contribution in [2.45, 2.75) is 13.8 Å². The molecule has 0 saturated carbocycles. The minimum Gasteiger partial charge on any atom is -0.306 e. The Morgan fingerprint density at radius 3 is 2.64 bits per heavy atom. The van der Waals surface area contributed by atoms with Gasteiger partial charge in [0, 0.05) is 32.9 Å². The zero-order valence-electron chi connectivity index (χ0n) is 13.6. The second-order valence-corrected chi connectivity index (χ2v) is 7.90. The number of nitrogens with one attached hydrogen (secondary N) is 1. The SMILES string of the molecule is Cc1ccc(Br)c(-c2c(C)sc3nc(-c4ccncc4)[nH]c(=O)c23)c1. The van der Waals surface area contributed by atoms with E-state index in [4.69, 9.17) is 0 Å². The van der Waals surface area contributed by atoms with Gasteiger partial charge in [-0.2, -0.15) is 0 Å². The maximum absolute atomic E-state index is 12.9. The van der Waals surface area contributed by atoms with Gasteiger partial charge in [0.05, 0.1) is 5.39 Å². The molecule has 0 atom stereocenters. The van der Waals surface area contributed by atoms with Gasteiger partial charge in [0.1, 0.15) is 10.7 Å². The van der Waals surface area contributed by atoms with E-state index in [0.717, 1.165) is 36.4 Å². The summed E-state index contributed by atoms with van der Waals surface area (Å²) in [6, 6.07) is 9.82. The van der Waals surface area contributed by atoms with Gasteiger partial charge < -0.3 is 4.98 Å². The lowest BCUT2D eigenvalue weighted by Gasteiger charge is -2.07. The zero-order chi connectivity index (χ0) is 17.6. The third-order valence-corrected chi connectivity index (χ3v) is 5.77. The number of aromatic nitrogens is 3. The van der Waals surface area contributed by atoms with Gasteiger partial charge in [0.2, 0.25) is 0 Å². The second kappa shape index (κ2) is 6.20. The number of hydrogen-bond acceptors (Lipinski definition) is 4. The Kier molecular flexibility index (Phi) is 4.01. The van der Waals surface area contributed by atoms with Crippen LogP contribution in [0, 0.1) is 13.8 Å². The molecule has 1 N–H and O–H groups in total. The molecule has 4 rings (SSSR count). The summed E-state index contributed by atoms with van der Waals surface area (Å²) in [5.41, 5.74) is 3.84. The Morgan fingerprint density at radius 1 is 1.12 bits per heavy atom. The number of hydrogen-bond donors (Lipinski definition) is 1. The topological polar surface area (TPSA) is 58.6 Å². The fourth-order valence-electron chi connectivity index (χ4n) is 2.92. The summed E-state index contributed by atoms with van der Waals surface area (Å²) in [7, 11) is 0. The number of fused-ring (bicyclic) bond motifs is 1. The van der Waals surface area contributed by atoms with Gasteiger partial charge in [-0.15, -0.1) is 11.3 Å². The maximum Gasteiger partial charge on any atom is 0.260 e. The molecule has 0 saturated heterocycles. The molecule has 0 aliphatic rings. The largest absolute Gasteiger partial charge is 0.306 e. The number of halogens is 1. The zero-order valence-corrected chi connectivity index (χ0v) is 16.0. The quantitative estimate of drug-likeness (QED) is 0.499. The van der Waals surface area contributed by atoms with E-state index < -0.39 is 0 Å². The molecule has 0 unspecified atom stereocenters. The van der Waals surface area contributed by atoms with Crippen LogP contribution in [0.15, 0.2) is 52.0 Å². The fraction of sp³-hybridized carbons (Fsp3) is 0.105. The van der Waals surface area contributed by atoms with E-state index in [9.17, 15) is 4.79 Å². The van der Waals surface area contributed by atoms with Crippen molar-refractivity contribution < 1.29 is 0 Å². The minimum atomic E-state index is -0.121. The molecule has 4 nitrogen and oxygen atoms in total. The lowest BCUT2D eigenvalue weighted by atomic mass is 10.0. The van der Waals surface area contributed by atoms with Gasteiger partial charge in [-0.1, -0.05) is 33.6 Å². The molecule has 0 bridgehead atoms. The molecule has 4 aromatic rings. The average Bonchev–Trinajstić information content (AvgIpc) is 2.94. The van der Waals surface area contributed by atoms with Crippen molar-refractivity contribution >= 4 is 37.5 Å².